The number of hydrogen-bond acceptors (Lipinski definition) is 3. The smallest absolute Gasteiger partial charge is 0.338 e. The average molecular weight is 320 g/mol. The molecule has 0 bridgehead atoms. The van der Waals surface area contributed by atoms with Crippen molar-refractivity contribution in [3.63, 3.8) is 0 Å². The maximum Gasteiger partial charge on any atom is 0.338 e. The molecule has 1 aromatic rings. The summed E-state index contributed by atoms with van der Waals surface area (Å²) in [5, 5.41) is -0.338. The van der Waals surface area contributed by atoms with E-state index in [1.807, 2.05) is 0 Å². The quantitative estimate of drug-likeness (QED) is 0.632. The van der Waals surface area contributed by atoms with Gasteiger partial charge >= 0.3 is 5.97 Å². The highest BCUT2D eigenvalue weighted by Crippen LogP contribution is 2.28. The number of carbonyl (C=O) groups excluding carboxylic acids is 2. The summed E-state index contributed by atoms with van der Waals surface area (Å²) in [6, 6.07) is 5.21. The van der Waals surface area contributed by atoms with Crippen molar-refractivity contribution in [2.45, 2.75) is 17.6 Å². The fourth-order valence-corrected chi connectivity index (χ4v) is 2.16. The first-order valence-corrected chi connectivity index (χ1v) is 6.49. The van der Waals surface area contributed by atoms with Gasteiger partial charge in [0.25, 0.3) is 0 Å². The Morgan fingerprint density at radius 3 is 2.59 bits per heavy atom. The Labute approximate surface area is 113 Å². The van der Waals surface area contributed by atoms with Gasteiger partial charge in [0.1, 0.15) is 5.38 Å². The van der Waals surface area contributed by atoms with Crippen molar-refractivity contribution < 1.29 is 14.3 Å². The summed E-state index contributed by atoms with van der Waals surface area (Å²) in [6.07, 6.45) is 0. The molecule has 0 spiro atoms. The van der Waals surface area contributed by atoms with Crippen LogP contribution in [0.2, 0.25) is 0 Å². The monoisotopic (exact) mass is 318 g/mol. The van der Waals surface area contributed by atoms with Crippen LogP contribution in [0.25, 0.3) is 0 Å². The fourth-order valence-electron chi connectivity index (χ4n) is 1.51. The van der Waals surface area contributed by atoms with Crippen molar-refractivity contribution in [2.75, 3.05) is 7.11 Å². The molecule has 0 aliphatic rings. The zero-order valence-electron chi connectivity index (χ0n) is 9.50. The second-order valence-corrected chi connectivity index (χ2v) is 4.48. The van der Waals surface area contributed by atoms with Gasteiger partial charge in [-0.15, -0.1) is 11.6 Å². The van der Waals surface area contributed by atoms with Gasteiger partial charge in [0.05, 0.1) is 12.7 Å². The predicted molar refractivity (Wildman–Crippen MR) is 69.7 cm³/mol. The maximum absolute atomic E-state index is 11.7. The Hall–Kier alpha value is -0.870. The zero-order chi connectivity index (χ0) is 13.0. The van der Waals surface area contributed by atoms with E-state index in [-0.39, 0.29) is 5.78 Å². The van der Waals surface area contributed by atoms with Crippen molar-refractivity contribution >= 4 is 39.3 Å². The molecule has 0 amide bonds. The lowest BCUT2D eigenvalue weighted by molar-refractivity contribution is -0.116. The van der Waals surface area contributed by atoms with Gasteiger partial charge in [-0.3, -0.25) is 4.79 Å². The molecule has 92 valence electrons. The topological polar surface area (TPSA) is 43.4 Å². The summed E-state index contributed by atoms with van der Waals surface area (Å²) in [5.41, 5.74) is 1.60. The van der Waals surface area contributed by atoms with Gasteiger partial charge in [0.2, 0.25) is 0 Å². The van der Waals surface area contributed by atoms with Crippen LogP contribution in [0.5, 0.6) is 0 Å². The highest BCUT2D eigenvalue weighted by Gasteiger charge is 2.23. The lowest BCUT2D eigenvalue weighted by Gasteiger charge is -2.14. The van der Waals surface area contributed by atoms with Crippen molar-refractivity contribution in [3.8, 4) is 0 Å². The summed E-state index contributed by atoms with van der Waals surface area (Å²) in [6.45, 7) is 1.39. The molecule has 1 aromatic carbocycles. The van der Waals surface area contributed by atoms with Crippen LogP contribution >= 0.6 is 27.5 Å². The van der Waals surface area contributed by atoms with Crippen LogP contribution < -0.4 is 0 Å². The molecule has 0 saturated heterocycles. The summed E-state index contributed by atoms with van der Waals surface area (Å²) >= 11 is 9.29. The molecule has 0 radical (unpaired) electrons. The van der Waals surface area contributed by atoms with E-state index in [1.165, 1.54) is 14.0 Å². The van der Waals surface area contributed by atoms with Crippen molar-refractivity contribution in [2.24, 2.45) is 0 Å². The minimum atomic E-state index is -0.830. The van der Waals surface area contributed by atoms with E-state index in [4.69, 9.17) is 16.3 Å². The van der Waals surface area contributed by atoms with Crippen LogP contribution in [0.4, 0.5) is 0 Å². The molecule has 0 N–H and O–H groups in total. The number of Topliss-reactive ketones (excluding diaryl/α,β-unsaturated/α-hetero) is 1. The fraction of sp³-hybridized carbons (Fsp3) is 0.333. The first-order valence-electron chi connectivity index (χ1n) is 4.93. The molecule has 1 atom stereocenters. The highest BCUT2D eigenvalue weighted by molar-refractivity contribution is 9.08. The van der Waals surface area contributed by atoms with E-state index in [2.05, 4.69) is 15.9 Å². The van der Waals surface area contributed by atoms with E-state index in [0.29, 0.717) is 16.5 Å². The molecule has 1 rings (SSSR count). The Kier molecular flexibility index (Phi) is 5.15. The lowest BCUT2D eigenvalue weighted by atomic mass is 9.98. The van der Waals surface area contributed by atoms with Crippen LogP contribution in [0.1, 0.15) is 33.8 Å². The first-order chi connectivity index (χ1) is 8.02. The Bertz CT molecular complexity index is 445. The summed E-state index contributed by atoms with van der Waals surface area (Å²) < 4.78 is 4.72. The Balaban J connectivity index is 3.38. The highest BCUT2D eigenvalue weighted by atomic mass is 79.9. The number of ketones is 1. The number of alkyl halides is 2. The van der Waals surface area contributed by atoms with E-state index < -0.39 is 11.3 Å². The van der Waals surface area contributed by atoms with E-state index in [1.54, 1.807) is 18.2 Å². The Morgan fingerprint density at radius 1 is 1.47 bits per heavy atom. The molecular weight excluding hydrogens is 307 g/mol. The number of hydrogen-bond donors (Lipinski definition) is 0. The standard InChI is InChI=1S/C12H12BrClO3/c1-7(15)11(14)9-5-3-4-8(6-13)10(9)12(16)17-2/h3-5,11H,6H2,1-2H3. The van der Waals surface area contributed by atoms with Crippen LogP contribution in [-0.2, 0) is 14.9 Å². The largest absolute Gasteiger partial charge is 0.465 e. The van der Waals surface area contributed by atoms with Gasteiger partial charge in [0.15, 0.2) is 5.78 Å². The SMILES string of the molecule is COC(=O)c1c(CBr)cccc1C(Cl)C(C)=O. The minimum absolute atomic E-state index is 0.205. The molecule has 5 heteroatoms. The number of halogens is 2. The predicted octanol–water partition coefficient (Wildman–Crippen LogP) is 3.24. The normalized spacial score (nSPS) is 12.0. The summed E-state index contributed by atoms with van der Waals surface area (Å²) in [7, 11) is 1.30. The molecule has 0 fully saturated rings. The van der Waals surface area contributed by atoms with Gasteiger partial charge in [-0.05, 0) is 18.1 Å². The average Bonchev–Trinajstić information content (AvgIpc) is 2.35. The number of rotatable bonds is 4. The van der Waals surface area contributed by atoms with E-state index in [0.717, 1.165) is 5.56 Å². The molecule has 0 heterocycles. The Morgan fingerprint density at radius 2 is 2.12 bits per heavy atom. The lowest BCUT2D eigenvalue weighted by Crippen LogP contribution is -2.13. The number of ether oxygens (including phenoxy) is 1. The second-order valence-electron chi connectivity index (χ2n) is 3.48. The van der Waals surface area contributed by atoms with Gasteiger partial charge in [-0.1, -0.05) is 34.1 Å². The van der Waals surface area contributed by atoms with Gasteiger partial charge in [-0.25, -0.2) is 4.79 Å². The maximum atomic E-state index is 11.7. The number of carbonyl (C=O) groups is 2. The second kappa shape index (κ2) is 6.17. The van der Waals surface area contributed by atoms with E-state index >= 15 is 0 Å². The van der Waals surface area contributed by atoms with Gasteiger partial charge in [-0.2, -0.15) is 0 Å². The van der Waals surface area contributed by atoms with Crippen LogP contribution in [0.3, 0.4) is 0 Å². The van der Waals surface area contributed by atoms with Crippen LogP contribution in [-0.4, -0.2) is 18.9 Å². The van der Waals surface area contributed by atoms with Crippen molar-refractivity contribution in [1.82, 2.24) is 0 Å². The molecule has 1 unspecified atom stereocenters. The molecule has 3 nitrogen and oxygen atoms in total. The number of esters is 1. The van der Waals surface area contributed by atoms with Gasteiger partial charge < -0.3 is 4.74 Å². The van der Waals surface area contributed by atoms with Crippen molar-refractivity contribution in [1.29, 1.82) is 0 Å². The van der Waals surface area contributed by atoms with Crippen LogP contribution in [0.15, 0.2) is 18.2 Å². The third-order valence-electron chi connectivity index (χ3n) is 2.35. The third-order valence-corrected chi connectivity index (χ3v) is 3.49. The van der Waals surface area contributed by atoms with E-state index in [9.17, 15) is 9.59 Å². The molecular formula is C12H12BrClO3. The molecule has 17 heavy (non-hydrogen) atoms. The summed E-state index contributed by atoms with van der Waals surface area (Å²) in [4.78, 5) is 23.0. The molecule has 0 aromatic heterocycles. The minimum Gasteiger partial charge on any atom is -0.465 e. The number of methoxy groups -OCH3 is 1. The summed E-state index contributed by atoms with van der Waals surface area (Å²) in [5.74, 6) is -0.689. The third kappa shape index (κ3) is 3.07. The molecule has 0 aliphatic heterocycles. The number of benzene rings is 1. The van der Waals surface area contributed by atoms with Crippen molar-refractivity contribution in [3.05, 3.63) is 34.9 Å². The zero-order valence-corrected chi connectivity index (χ0v) is 11.8. The molecule has 0 saturated carbocycles. The van der Waals surface area contributed by atoms with Gasteiger partial charge in [0, 0.05) is 5.33 Å². The van der Waals surface area contributed by atoms with Crippen LogP contribution in [0, 0.1) is 0 Å². The first kappa shape index (κ1) is 14.2. The molecule has 0 aliphatic carbocycles.